The Morgan fingerprint density at radius 2 is 1.67 bits per heavy atom. The van der Waals surface area contributed by atoms with Crippen LogP contribution in [-0.4, -0.2) is 48.0 Å². The fourth-order valence-corrected chi connectivity index (χ4v) is 4.89. The number of amides is 1. The number of fused-ring (bicyclic) bond motifs is 1. The van der Waals surface area contributed by atoms with Crippen LogP contribution in [0.5, 0.6) is 5.75 Å². The fraction of sp³-hybridized carbons (Fsp3) is 0.455. The minimum absolute atomic E-state index is 0.00602. The molecule has 3 rings (SSSR count). The zero-order valence-corrected chi connectivity index (χ0v) is 24.1. The second kappa shape index (κ2) is 14.2. The molecule has 3 aromatic rings. The quantitative estimate of drug-likeness (QED) is 0.278. The zero-order chi connectivity index (χ0) is 28.4. The van der Waals surface area contributed by atoms with E-state index in [-0.39, 0.29) is 42.8 Å². The van der Waals surface area contributed by atoms with E-state index in [2.05, 4.69) is 24.3 Å². The summed E-state index contributed by atoms with van der Waals surface area (Å²) in [6.45, 7) is 11.7. The number of hydrogen-bond acceptors (Lipinski definition) is 5. The maximum Gasteiger partial charge on any atom is 0.226 e. The zero-order valence-electron chi connectivity index (χ0n) is 24.1. The Bertz CT molecular complexity index is 1210. The Kier molecular flexibility index (Phi) is 11.1. The monoisotopic (exact) mass is 532 g/mol. The van der Waals surface area contributed by atoms with Gasteiger partial charge in [0.1, 0.15) is 17.1 Å². The summed E-state index contributed by atoms with van der Waals surface area (Å²) in [6, 6.07) is 22.2. The molecular formula is C33H44N2O4. The van der Waals surface area contributed by atoms with Crippen molar-refractivity contribution in [3.8, 4) is 5.75 Å². The van der Waals surface area contributed by atoms with Crippen LogP contribution in [0, 0.1) is 5.92 Å². The molecule has 0 aliphatic carbocycles. The smallest absolute Gasteiger partial charge is 0.226 e. The van der Waals surface area contributed by atoms with Crippen LogP contribution in [0.15, 0.2) is 66.7 Å². The van der Waals surface area contributed by atoms with Gasteiger partial charge in [0.05, 0.1) is 6.10 Å². The van der Waals surface area contributed by atoms with Gasteiger partial charge in [0, 0.05) is 38.5 Å². The van der Waals surface area contributed by atoms with E-state index >= 15 is 0 Å². The SMILES string of the molecule is CCOC(C)CN(Cc1cccc2ccccc12)C(=O)[C@H](CC(=O)CCN)Cc1ccc(OC(C)(C)C)cc1. The van der Waals surface area contributed by atoms with E-state index in [9.17, 15) is 9.59 Å². The molecule has 3 aromatic carbocycles. The second-order valence-corrected chi connectivity index (χ2v) is 11.2. The number of nitrogens with two attached hydrogens (primary N) is 1. The molecule has 1 unspecified atom stereocenters. The number of carbonyl (C=O) groups excluding carboxylic acids is 2. The minimum Gasteiger partial charge on any atom is -0.488 e. The Balaban J connectivity index is 1.90. The Labute approximate surface area is 233 Å². The molecule has 39 heavy (non-hydrogen) atoms. The van der Waals surface area contributed by atoms with Crippen molar-refractivity contribution in [3.05, 3.63) is 77.9 Å². The molecule has 0 fully saturated rings. The number of hydrogen-bond donors (Lipinski definition) is 1. The number of ether oxygens (including phenoxy) is 2. The highest BCUT2D eigenvalue weighted by atomic mass is 16.5. The molecule has 0 aromatic heterocycles. The van der Waals surface area contributed by atoms with Crippen molar-refractivity contribution < 1.29 is 19.1 Å². The molecule has 6 nitrogen and oxygen atoms in total. The van der Waals surface area contributed by atoms with Gasteiger partial charge in [-0.15, -0.1) is 0 Å². The van der Waals surface area contributed by atoms with Gasteiger partial charge in [0.25, 0.3) is 0 Å². The number of carbonyl (C=O) groups is 2. The third kappa shape index (κ3) is 9.48. The summed E-state index contributed by atoms with van der Waals surface area (Å²) < 4.78 is 11.8. The molecule has 0 aliphatic heterocycles. The summed E-state index contributed by atoms with van der Waals surface area (Å²) in [7, 11) is 0. The normalized spacial score (nSPS) is 13.2. The number of ketones is 1. The van der Waals surface area contributed by atoms with Crippen molar-refractivity contribution in [1.29, 1.82) is 0 Å². The van der Waals surface area contributed by atoms with Crippen molar-refractivity contribution in [2.75, 3.05) is 19.7 Å². The molecule has 0 heterocycles. The second-order valence-electron chi connectivity index (χ2n) is 11.2. The van der Waals surface area contributed by atoms with Crippen molar-refractivity contribution >= 4 is 22.5 Å². The fourth-order valence-electron chi connectivity index (χ4n) is 4.89. The number of benzene rings is 3. The van der Waals surface area contributed by atoms with Crippen LogP contribution >= 0.6 is 0 Å². The minimum atomic E-state index is -0.498. The van der Waals surface area contributed by atoms with Crippen LogP contribution < -0.4 is 10.5 Å². The van der Waals surface area contributed by atoms with Gasteiger partial charge in [0.2, 0.25) is 5.91 Å². The van der Waals surface area contributed by atoms with Crippen LogP contribution in [0.2, 0.25) is 0 Å². The van der Waals surface area contributed by atoms with E-state index in [0.717, 1.165) is 27.6 Å². The first kappa shape index (κ1) is 30.3. The van der Waals surface area contributed by atoms with Crippen molar-refractivity contribution in [2.24, 2.45) is 11.7 Å². The molecular weight excluding hydrogens is 488 g/mol. The Hall–Kier alpha value is -3.22. The molecule has 6 heteroatoms. The summed E-state index contributed by atoms with van der Waals surface area (Å²) in [5.74, 6) is 0.236. The predicted octanol–water partition coefficient (Wildman–Crippen LogP) is 5.94. The van der Waals surface area contributed by atoms with Gasteiger partial charge in [0.15, 0.2) is 0 Å². The maximum atomic E-state index is 14.2. The molecule has 0 aliphatic rings. The summed E-state index contributed by atoms with van der Waals surface area (Å²) in [6.07, 6.45) is 0.745. The summed E-state index contributed by atoms with van der Waals surface area (Å²) in [5, 5.41) is 2.25. The Morgan fingerprint density at radius 1 is 0.974 bits per heavy atom. The highest BCUT2D eigenvalue weighted by Gasteiger charge is 2.28. The molecule has 0 bridgehead atoms. The van der Waals surface area contributed by atoms with Gasteiger partial charge < -0.3 is 20.1 Å². The van der Waals surface area contributed by atoms with Gasteiger partial charge >= 0.3 is 0 Å². The largest absolute Gasteiger partial charge is 0.488 e. The van der Waals surface area contributed by atoms with Gasteiger partial charge in [-0.05, 0) is 81.6 Å². The Morgan fingerprint density at radius 3 is 2.33 bits per heavy atom. The molecule has 0 saturated carbocycles. The molecule has 2 N–H and O–H groups in total. The number of rotatable bonds is 14. The van der Waals surface area contributed by atoms with Gasteiger partial charge in [-0.2, -0.15) is 0 Å². The first-order valence-electron chi connectivity index (χ1n) is 14.0. The lowest BCUT2D eigenvalue weighted by Crippen LogP contribution is -2.42. The van der Waals surface area contributed by atoms with E-state index in [1.54, 1.807) is 0 Å². The highest BCUT2D eigenvalue weighted by Crippen LogP contribution is 2.25. The first-order chi connectivity index (χ1) is 18.6. The van der Waals surface area contributed by atoms with Crippen molar-refractivity contribution in [3.63, 3.8) is 0 Å². The molecule has 0 spiro atoms. The highest BCUT2D eigenvalue weighted by molar-refractivity contribution is 5.88. The van der Waals surface area contributed by atoms with Crippen LogP contribution in [0.3, 0.4) is 0 Å². The lowest BCUT2D eigenvalue weighted by atomic mass is 9.91. The average Bonchev–Trinajstić information content (AvgIpc) is 2.88. The molecule has 1 amide bonds. The summed E-state index contributed by atoms with van der Waals surface area (Å²) in [4.78, 5) is 28.8. The standard InChI is InChI=1S/C33H44N2O4/c1-6-38-24(2)22-35(23-27-12-9-11-26-10-7-8-13-31(26)27)32(37)28(21-29(36)18-19-34)20-25-14-16-30(17-15-25)39-33(3,4)5/h7-17,24,28H,6,18-23,34H2,1-5H3/t24?,28-/m0/s1. The maximum absolute atomic E-state index is 14.2. The molecule has 0 saturated heterocycles. The van der Waals surface area contributed by atoms with Crippen LogP contribution in [0.4, 0.5) is 0 Å². The van der Waals surface area contributed by atoms with E-state index in [0.29, 0.717) is 26.1 Å². The van der Waals surface area contributed by atoms with E-state index < -0.39 is 5.92 Å². The lowest BCUT2D eigenvalue weighted by Gasteiger charge is -2.30. The number of nitrogens with zero attached hydrogens (tertiary/aromatic N) is 1. The van der Waals surface area contributed by atoms with Gasteiger partial charge in [-0.25, -0.2) is 0 Å². The van der Waals surface area contributed by atoms with E-state index in [4.69, 9.17) is 15.2 Å². The van der Waals surface area contributed by atoms with E-state index in [1.165, 1.54) is 0 Å². The topological polar surface area (TPSA) is 81.9 Å². The average molecular weight is 533 g/mol. The van der Waals surface area contributed by atoms with Crippen molar-refractivity contribution in [2.45, 2.75) is 72.1 Å². The van der Waals surface area contributed by atoms with Crippen LogP contribution in [-0.2, 0) is 27.3 Å². The third-order valence-electron chi connectivity index (χ3n) is 6.56. The summed E-state index contributed by atoms with van der Waals surface area (Å²) >= 11 is 0. The van der Waals surface area contributed by atoms with E-state index in [1.807, 2.05) is 82.0 Å². The first-order valence-corrected chi connectivity index (χ1v) is 14.0. The van der Waals surface area contributed by atoms with Crippen LogP contribution in [0.1, 0.15) is 58.6 Å². The van der Waals surface area contributed by atoms with Crippen LogP contribution in [0.25, 0.3) is 10.8 Å². The predicted molar refractivity (Wildman–Crippen MR) is 158 cm³/mol. The molecule has 210 valence electrons. The van der Waals surface area contributed by atoms with Gasteiger partial charge in [-0.1, -0.05) is 54.6 Å². The third-order valence-corrected chi connectivity index (χ3v) is 6.56. The summed E-state index contributed by atoms with van der Waals surface area (Å²) in [5.41, 5.74) is 7.43. The van der Waals surface area contributed by atoms with Crippen molar-refractivity contribution in [1.82, 2.24) is 4.90 Å². The molecule has 2 atom stereocenters. The van der Waals surface area contributed by atoms with Gasteiger partial charge in [-0.3, -0.25) is 9.59 Å². The lowest BCUT2D eigenvalue weighted by molar-refractivity contribution is -0.140. The number of Topliss-reactive ketones (excluding diaryl/α,β-unsaturated/α-hetero) is 1. The molecule has 0 radical (unpaired) electrons.